The van der Waals surface area contributed by atoms with E-state index in [1.807, 2.05) is 46.3 Å². The fourth-order valence-corrected chi connectivity index (χ4v) is 3.70. The summed E-state index contributed by atoms with van der Waals surface area (Å²) in [4.78, 5) is 20.1. The van der Waals surface area contributed by atoms with E-state index < -0.39 is 0 Å². The first kappa shape index (κ1) is 17.6. The number of amides is 1. The van der Waals surface area contributed by atoms with E-state index in [1.54, 1.807) is 11.3 Å². The topological polar surface area (TPSA) is 49.6 Å². The number of nitrogens with one attached hydrogen (secondary N) is 1. The minimum Gasteiger partial charge on any atom is -0.354 e. The smallest absolute Gasteiger partial charge is 0.226 e. The van der Waals surface area contributed by atoms with Crippen molar-refractivity contribution >= 4 is 22.2 Å². The molecule has 0 aliphatic carbocycles. The molecule has 0 aliphatic heterocycles. The highest BCUT2D eigenvalue weighted by molar-refractivity contribution is 7.15. The first-order chi connectivity index (χ1) is 12.2. The van der Waals surface area contributed by atoms with E-state index in [0.717, 1.165) is 41.5 Å². The summed E-state index contributed by atoms with van der Waals surface area (Å²) in [7, 11) is 0. The van der Waals surface area contributed by atoms with Crippen LogP contribution in [0.1, 0.15) is 19.5 Å². The highest BCUT2D eigenvalue weighted by Gasteiger charge is 2.12. The molecule has 25 heavy (non-hydrogen) atoms. The number of aromatic nitrogens is 2. The molecule has 132 valence electrons. The van der Waals surface area contributed by atoms with Gasteiger partial charge in [-0.05, 0) is 13.1 Å². The van der Waals surface area contributed by atoms with Gasteiger partial charge in [0.1, 0.15) is 0 Å². The van der Waals surface area contributed by atoms with Gasteiger partial charge in [-0.1, -0.05) is 44.2 Å². The number of hydrogen-bond donors (Lipinski definition) is 1. The maximum Gasteiger partial charge on any atom is 0.226 e. The Morgan fingerprint density at radius 3 is 2.72 bits per heavy atom. The average molecular weight is 356 g/mol. The third-order valence-corrected chi connectivity index (χ3v) is 5.23. The van der Waals surface area contributed by atoms with Crippen LogP contribution in [0.5, 0.6) is 0 Å². The molecule has 3 aromatic rings. The number of rotatable bonds is 8. The van der Waals surface area contributed by atoms with Crippen LogP contribution >= 0.6 is 11.3 Å². The zero-order valence-corrected chi connectivity index (χ0v) is 15.6. The second-order valence-corrected chi connectivity index (χ2v) is 6.76. The summed E-state index contributed by atoms with van der Waals surface area (Å²) in [6.45, 7) is 7.87. The van der Waals surface area contributed by atoms with Gasteiger partial charge >= 0.3 is 0 Å². The van der Waals surface area contributed by atoms with Gasteiger partial charge in [-0.3, -0.25) is 9.20 Å². The summed E-state index contributed by atoms with van der Waals surface area (Å²) in [6, 6.07) is 10.1. The third kappa shape index (κ3) is 4.27. The van der Waals surface area contributed by atoms with Gasteiger partial charge in [-0.2, -0.15) is 0 Å². The summed E-state index contributed by atoms with van der Waals surface area (Å²) < 4.78 is 2.02. The Morgan fingerprint density at radius 2 is 2.00 bits per heavy atom. The molecule has 0 bridgehead atoms. The number of hydrogen-bond acceptors (Lipinski definition) is 4. The third-order valence-electron chi connectivity index (χ3n) is 4.34. The lowest BCUT2D eigenvalue weighted by Gasteiger charge is -2.17. The largest absolute Gasteiger partial charge is 0.354 e. The molecule has 0 fully saturated rings. The highest BCUT2D eigenvalue weighted by atomic mass is 32.1. The van der Waals surface area contributed by atoms with E-state index in [2.05, 4.69) is 29.0 Å². The van der Waals surface area contributed by atoms with Crippen molar-refractivity contribution in [1.29, 1.82) is 0 Å². The summed E-state index contributed by atoms with van der Waals surface area (Å²) >= 11 is 1.57. The van der Waals surface area contributed by atoms with Gasteiger partial charge in [-0.15, -0.1) is 11.3 Å². The van der Waals surface area contributed by atoms with E-state index >= 15 is 0 Å². The predicted octanol–water partition coefficient (Wildman–Crippen LogP) is 3.06. The number of thiazole rings is 1. The number of carbonyl (C=O) groups is 1. The zero-order valence-electron chi connectivity index (χ0n) is 14.7. The van der Waals surface area contributed by atoms with Crippen molar-refractivity contribution in [3.05, 3.63) is 47.6 Å². The lowest BCUT2D eigenvalue weighted by Crippen LogP contribution is -2.35. The van der Waals surface area contributed by atoms with Crippen molar-refractivity contribution in [1.82, 2.24) is 19.6 Å². The minimum absolute atomic E-state index is 0.0572. The van der Waals surface area contributed by atoms with Crippen LogP contribution in [0.15, 0.2) is 41.9 Å². The summed E-state index contributed by atoms with van der Waals surface area (Å²) in [5.74, 6) is 0.0572. The molecule has 1 aromatic carbocycles. The molecule has 0 radical (unpaired) electrons. The Morgan fingerprint density at radius 1 is 1.24 bits per heavy atom. The maximum atomic E-state index is 12.2. The molecule has 0 saturated heterocycles. The van der Waals surface area contributed by atoms with Crippen molar-refractivity contribution in [3.8, 4) is 11.3 Å². The van der Waals surface area contributed by atoms with Crippen LogP contribution in [0.4, 0.5) is 0 Å². The Bertz CT molecular complexity index is 820. The quantitative estimate of drug-likeness (QED) is 0.675. The van der Waals surface area contributed by atoms with Crippen molar-refractivity contribution in [2.45, 2.75) is 20.3 Å². The fourth-order valence-electron chi connectivity index (χ4n) is 2.82. The van der Waals surface area contributed by atoms with Gasteiger partial charge in [0.2, 0.25) is 5.91 Å². The molecular weight excluding hydrogens is 332 g/mol. The Kier molecular flexibility index (Phi) is 5.83. The molecule has 3 rings (SSSR count). The highest BCUT2D eigenvalue weighted by Crippen LogP contribution is 2.23. The fraction of sp³-hybridized carbons (Fsp3) is 0.368. The van der Waals surface area contributed by atoms with Gasteiger partial charge in [-0.25, -0.2) is 4.98 Å². The van der Waals surface area contributed by atoms with Gasteiger partial charge in [0, 0.05) is 35.9 Å². The van der Waals surface area contributed by atoms with Crippen molar-refractivity contribution in [3.63, 3.8) is 0 Å². The van der Waals surface area contributed by atoms with Gasteiger partial charge in [0.25, 0.3) is 0 Å². The number of benzene rings is 1. The lowest BCUT2D eigenvalue weighted by molar-refractivity contribution is -0.120. The summed E-state index contributed by atoms with van der Waals surface area (Å²) in [5.41, 5.74) is 3.01. The molecule has 0 unspecified atom stereocenters. The molecule has 0 saturated carbocycles. The van der Waals surface area contributed by atoms with Crippen LogP contribution in [-0.2, 0) is 11.2 Å². The van der Waals surface area contributed by atoms with Crippen LogP contribution in [0, 0.1) is 0 Å². The number of carbonyl (C=O) groups excluding carboxylic acids is 1. The first-order valence-corrected chi connectivity index (χ1v) is 9.59. The second kappa shape index (κ2) is 8.27. The summed E-state index contributed by atoms with van der Waals surface area (Å²) in [6.07, 6.45) is 2.39. The predicted molar refractivity (Wildman–Crippen MR) is 103 cm³/mol. The Labute approximate surface area is 152 Å². The molecular formula is C19H24N4OS. The zero-order chi connectivity index (χ0) is 17.6. The van der Waals surface area contributed by atoms with E-state index in [9.17, 15) is 4.79 Å². The standard InChI is InChI=1S/C19H24N4OS/c1-3-22(4-2)11-10-20-18(24)12-16-14-25-19-21-17(13-23(16)19)15-8-6-5-7-9-15/h5-9,13-14H,3-4,10-12H2,1-2H3,(H,20,24). The SMILES string of the molecule is CCN(CC)CCNC(=O)Cc1csc2nc(-c3ccccc3)cn12. The van der Waals surface area contributed by atoms with Crippen LogP contribution in [-0.4, -0.2) is 46.4 Å². The minimum atomic E-state index is 0.0572. The molecule has 5 nitrogen and oxygen atoms in total. The van der Waals surface area contributed by atoms with Gasteiger partial charge < -0.3 is 10.2 Å². The molecule has 2 aromatic heterocycles. The normalized spacial score (nSPS) is 11.3. The molecule has 1 amide bonds. The van der Waals surface area contributed by atoms with Gasteiger partial charge in [0.15, 0.2) is 4.96 Å². The molecule has 1 N–H and O–H groups in total. The lowest BCUT2D eigenvalue weighted by atomic mass is 10.2. The monoisotopic (exact) mass is 356 g/mol. The van der Waals surface area contributed by atoms with Crippen LogP contribution < -0.4 is 5.32 Å². The van der Waals surface area contributed by atoms with Gasteiger partial charge in [0.05, 0.1) is 12.1 Å². The molecule has 6 heteroatoms. The Balaban J connectivity index is 1.64. The van der Waals surface area contributed by atoms with Crippen molar-refractivity contribution in [2.75, 3.05) is 26.2 Å². The molecule has 0 aliphatic rings. The number of nitrogens with zero attached hydrogens (tertiary/aromatic N) is 3. The molecule has 2 heterocycles. The maximum absolute atomic E-state index is 12.2. The Hall–Kier alpha value is -2.18. The van der Waals surface area contributed by atoms with E-state index in [1.165, 1.54) is 0 Å². The summed E-state index contributed by atoms with van der Waals surface area (Å²) in [5, 5.41) is 5.03. The van der Waals surface area contributed by atoms with Crippen LogP contribution in [0.25, 0.3) is 16.2 Å². The van der Waals surface area contributed by atoms with E-state index in [4.69, 9.17) is 0 Å². The van der Waals surface area contributed by atoms with Crippen LogP contribution in [0.3, 0.4) is 0 Å². The van der Waals surface area contributed by atoms with Crippen molar-refractivity contribution in [2.24, 2.45) is 0 Å². The van der Waals surface area contributed by atoms with E-state index in [0.29, 0.717) is 13.0 Å². The molecule has 0 spiro atoms. The number of likely N-dealkylation sites (N-methyl/N-ethyl adjacent to an activating group) is 1. The van der Waals surface area contributed by atoms with E-state index in [-0.39, 0.29) is 5.91 Å². The first-order valence-electron chi connectivity index (χ1n) is 8.71. The molecule has 0 atom stereocenters. The average Bonchev–Trinajstić information content (AvgIpc) is 3.22. The van der Waals surface area contributed by atoms with Crippen LogP contribution in [0.2, 0.25) is 0 Å². The number of fused-ring (bicyclic) bond motifs is 1. The number of imidazole rings is 1. The second-order valence-electron chi connectivity index (χ2n) is 5.93. The van der Waals surface area contributed by atoms with Crippen molar-refractivity contribution < 1.29 is 4.79 Å².